The lowest BCUT2D eigenvalue weighted by Crippen LogP contribution is -2.43. The van der Waals surface area contributed by atoms with Gasteiger partial charge in [-0.25, -0.2) is 0 Å². The summed E-state index contributed by atoms with van der Waals surface area (Å²) >= 11 is 0. The maximum Gasteiger partial charge on any atom is 0.118 e. The molecule has 1 atom stereocenters. The van der Waals surface area contributed by atoms with Crippen molar-refractivity contribution in [1.29, 1.82) is 5.26 Å². The fourth-order valence-electron chi connectivity index (χ4n) is 1.80. The molecule has 0 aliphatic heterocycles. The third-order valence-corrected chi connectivity index (χ3v) is 3.14. The number of nitrogens with one attached hydrogen (secondary N) is 1. The van der Waals surface area contributed by atoms with Crippen LogP contribution in [-0.2, 0) is 11.2 Å². The van der Waals surface area contributed by atoms with Gasteiger partial charge in [-0.15, -0.1) is 0 Å². The molecule has 0 heterocycles. The van der Waals surface area contributed by atoms with Crippen LogP contribution in [0.15, 0.2) is 24.3 Å². The average molecular weight is 262 g/mol. The number of hydrogen-bond acceptors (Lipinski definition) is 4. The molecule has 4 heteroatoms. The molecule has 0 spiro atoms. The molecule has 0 aliphatic carbocycles. The van der Waals surface area contributed by atoms with E-state index in [-0.39, 0.29) is 0 Å². The molecule has 104 valence electrons. The molecule has 0 aliphatic rings. The third-order valence-electron chi connectivity index (χ3n) is 3.14. The molecule has 0 aromatic heterocycles. The molecule has 0 amide bonds. The second kappa shape index (κ2) is 7.78. The second-order valence-electron chi connectivity index (χ2n) is 4.71. The average Bonchev–Trinajstić information content (AvgIpc) is 2.46. The molecule has 1 aromatic carbocycles. The quantitative estimate of drug-likeness (QED) is 0.729. The Kier molecular flexibility index (Phi) is 6.34. The summed E-state index contributed by atoms with van der Waals surface area (Å²) in [4.78, 5) is 0. The van der Waals surface area contributed by atoms with Crippen molar-refractivity contribution in [2.45, 2.75) is 25.3 Å². The molecule has 1 unspecified atom stereocenters. The first-order valence-corrected chi connectivity index (χ1v) is 6.41. The Bertz CT molecular complexity index is 411. The Balaban J connectivity index is 2.49. The number of nitriles is 1. The van der Waals surface area contributed by atoms with Gasteiger partial charge >= 0.3 is 0 Å². The number of benzene rings is 1. The first-order valence-electron chi connectivity index (χ1n) is 6.41. The van der Waals surface area contributed by atoms with Gasteiger partial charge in [0.25, 0.3) is 0 Å². The summed E-state index contributed by atoms with van der Waals surface area (Å²) in [6.45, 7) is 3.22. The number of hydrogen-bond donors (Lipinski definition) is 1. The van der Waals surface area contributed by atoms with E-state index in [1.54, 1.807) is 14.2 Å². The highest BCUT2D eigenvalue weighted by Crippen LogP contribution is 2.16. The van der Waals surface area contributed by atoms with Crippen LogP contribution >= 0.6 is 0 Å². The minimum Gasteiger partial charge on any atom is -0.497 e. The predicted octanol–water partition coefficient (Wildman–Crippen LogP) is 2.15. The van der Waals surface area contributed by atoms with Crippen LogP contribution in [0, 0.1) is 11.3 Å². The highest BCUT2D eigenvalue weighted by molar-refractivity contribution is 5.27. The summed E-state index contributed by atoms with van der Waals surface area (Å²) in [6, 6.07) is 10.3. The molecular weight excluding hydrogens is 240 g/mol. The Morgan fingerprint density at radius 1 is 1.26 bits per heavy atom. The van der Waals surface area contributed by atoms with Crippen LogP contribution in [0.1, 0.15) is 18.9 Å². The highest BCUT2D eigenvalue weighted by atomic mass is 16.5. The number of aryl methyl sites for hydroxylation is 1. The maximum atomic E-state index is 9.27. The number of ether oxygens (including phenoxy) is 2. The summed E-state index contributed by atoms with van der Waals surface area (Å²) in [5.41, 5.74) is 0.689. The van der Waals surface area contributed by atoms with E-state index in [1.807, 2.05) is 31.2 Å². The zero-order chi connectivity index (χ0) is 14.1. The van der Waals surface area contributed by atoms with Crippen LogP contribution in [0.5, 0.6) is 5.75 Å². The zero-order valence-corrected chi connectivity index (χ0v) is 11.9. The van der Waals surface area contributed by atoms with E-state index < -0.39 is 5.54 Å². The Morgan fingerprint density at radius 2 is 1.95 bits per heavy atom. The van der Waals surface area contributed by atoms with Gasteiger partial charge in [-0.1, -0.05) is 12.1 Å². The molecule has 1 aromatic rings. The molecule has 0 radical (unpaired) electrons. The van der Waals surface area contributed by atoms with Gasteiger partial charge in [0.15, 0.2) is 0 Å². The smallest absolute Gasteiger partial charge is 0.118 e. The van der Waals surface area contributed by atoms with Crippen molar-refractivity contribution in [1.82, 2.24) is 5.32 Å². The molecule has 0 fully saturated rings. The highest BCUT2D eigenvalue weighted by Gasteiger charge is 2.22. The fourth-order valence-corrected chi connectivity index (χ4v) is 1.80. The van der Waals surface area contributed by atoms with E-state index in [9.17, 15) is 5.26 Å². The van der Waals surface area contributed by atoms with Gasteiger partial charge < -0.3 is 9.47 Å². The van der Waals surface area contributed by atoms with Crippen LogP contribution in [0.4, 0.5) is 0 Å². The summed E-state index contributed by atoms with van der Waals surface area (Å²) in [5, 5.41) is 12.5. The number of nitrogens with zero attached hydrogens (tertiary/aromatic N) is 1. The molecule has 1 N–H and O–H groups in total. The first-order chi connectivity index (χ1) is 9.13. The topological polar surface area (TPSA) is 54.3 Å². The van der Waals surface area contributed by atoms with Crippen LogP contribution < -0.4 is 10.1 Å². The lowest BCUT2D eigenvalue weighted by molar-refractivity contribution is 0.191. The molecule has 0 saturated heterocycles. The fraction of sp³-hybridized carbons (Fsp3) is 0.533. The SMILES string of the molecule is COCCNC(C)(C#N)CCc1ccc(OC)cc1. The van der Waals surface area contributed by atoms with Gasteiger partial charge in [0.05, 0.1) is 19.8 Å². The zero-order valence-electron chi connectivity index (χ0n) is 11.9. The van der Waals surface area contributed by atoms with Crippen molar-refractivity contribution in [3.8, 4) is 11.8 Å². The largest absolute Gasteiger partial charge is 0.497 e. The number of methoxy groups -OCH3 is 2. The van der Waals surface area contributed by atoms with Crippen molar-refractivity contribution < 1.29 is 9.47 Å². The minimum absolute atomic E-state index is 0.515. The Labute approximate surface area is 115 Å². The summed E-state index contributed by atoms with van der Waals surface area (Å²) in [6.07, 6.45) is 1.62. The maximum absolute atomic E-state index is 9.27. The van der Waals surface area contributed by atoms with Crippen molar-refractivity contribution in [2.24, 2.45) is 0 Å². The van der Waals surface area contributed by atoms with Gasteiger partial charge in [-0.05, 0) is 37.5 Å². The van der Waals surface area contributed by atoms with Gasteiger partial charge in [0.1, 0.15) is 11.3 Å². The lowest BCUT2D eigenvalue weighted by atomic mass is 9.94. The molecule has 0 saturated carbocycles. The third kappa shape index (κ3) is 5.29. The van der Waals surface area contributed by atoms with E-state index >= 15 is 0 Å². The van der Waals surface area contributed by atoms with Crippen molar-refractivity contribution in [3.63, 3.8) is 0 Å². The van der Waals surface area contributed by atoms with E-state index in [0.717, 1.165) is 18.6 Å². The van der Waals surface area contributed by atoms with Crippen molar-refractivity contribution >= 4 is 0 Å². The lowest BCUT2D eigenvalue weighted by Gasteiger charge is -2.23. The van der Waals surface area contributed by atoms with Crippen molar-refractivity contribution in [3.05, 3.63) is 29.8 Å². The Morgan fingerprint density at radius 3 is 2.47 bits per heavy atom. The van der Waals surface area contributed by atoms with E-state index in [4.69, 9.17) is 9.47 Å². The molecule has 1 rings (SSSR count). The predicted molar refractivity (Wildman–Crippen MR) is 75.2 cm³/mol. The minimum atomic E-state index is -0.515. The van der Waals surface area contributed by atoms with Crippen LogP contribution in [0.2, 0.25) is 0 Å². The molecule has 0 bridgehead atoms. The van der Waals surface area contributed by atoms with Crippen LogP contribution in [0.25, 0.3) is 0 Å². The van der Waals surface area contributed by atoms with Crippen LogP contribution in [0.3, 0.4) is 0 Å². The monoisotopic (exact) mass is 262 g/mol. The van der Waals surface area contributed by atoms with E-state index in [2.05, 4.69) is 11.4 Å². The summed E-state index contributed by atoms with van der Waals surface area (Å²) in [7, 11) is 3.31. The Hall–Kier alpha value is -1.57. The van der Waals surface area contributed by atoms with Gasteiger partial charge in [0, 0.05) is 13.7 Å². The van der Waals surface area contributed by atoms with Crippen molar-refractivity contribution in [2.75, 3.05) is 27.4 Å². The first kappa shape index (κ1) is 15.5. The molecule has 19 heavy (non-hydrogen) atoms. The van der Waals surface area contributed by atoms with Gasteiger partial charge in [0.2, 0.25) is 0 Å². The van der Waals surface area contributed by atoms with Gasteiger partial charge in [-0.3, -0.25) is 5.32 Å². The summed E-state index contributed by atoms with van der Waals surface area (Å²) < 4.78 is 10.1. The van der Waals surface area contributed by atoms with E-state index in [0.29, 0.717) is 13.2 Å². The van der Waals surface area contributed by atoms with E-state index in [1.165, 1.54) is 5.56 Å². The standard InChI is InChI=1S/C15H22N2O2/c1-15(12-16,17-10-11-18-2)9-8-13-4-6-14(19-3)7-5-13/h4-7,17H,8-11H2,1-3H3. The normalized spacial score (nSPS) is 13.6. The second-order valence-corrected chi connectivity index (χ2v) is 4.71. The number of rotatable bonds is 8. The molecular formula is C15H22N2O2. The molecule has 4 nitrogen and oxygen atoms in total. The van der Waals surface area contributed by atoms with Gasteiger partial charge in [-0.2, -0.15) is 5.26 Å². The van der Waals surface area contributed by atoms with Crippen LogP contribution in [-0.4, -0.2) is 32.9 Å². The summed E-state index contributed by atoms with van der Waals surface area (Å²) in [5.74, 6) is 0.852.